The van der Waals surface area contributed by atoms with Gasteiger partial charge in [0.05, 0.1) is 6.54 Å². The summed E-state index contributed by atoms with van der Waals surface area (Å²) in [4.78, 5) is 7.80. The summed E-state index contributed by atoms with van der Waals surface area (Å²) in [5.74, 6) is 1.49. The van der Waals surface area contributed by atoms with E-state index in [0.29, 0.717) is 5.92 Å². The Balaban J connectivity index is 2.30. The molecule has 18 heavy (non-hydrogen) atoms. The lowest BCUT2D eigenvalue weighted by atomic mass is 10.0. The third-order valence-electron chi connectivity index (χ3n) is 2.90. The molecule has 96 valence electrons. The van der Waals surface area contributed by atoms with Crippen molar-refractivity contribution >= 4 is 15.9 Å². The Bertz CT molecular complexity index is 514. The summed E-state index contributed by atoms with van der Waals surface area (Å²) in [6, 6.07) is 8.58. The Kier molecular flexibility index (Phi) is 4.19. The SMILES string of the molecule is CNCc1nc(-c2ccc(C(C)C)cc2)c(Br)[nH]1. The average Bonchev–Trinajstić information content (AvgIpc) is 2.71. The summed E-state index contributed by atoms with van der Waals surface area (Å²) in [6.45, 7) is 5.14. The fraction of sp³-hybridized carbons (Fsp3) is 0.357. The topological polar surface area (TPSA) is 40.7 Å². The number of hydrogen-bond acceptors (Lipinski definition) is 2. The number of benzene rings is 1. The van der Waals surface area contributed by atoms with Crippen molar-refractivity contribution in [3.05, 3.63) is 40.3 Å². The number of halogens is 1. The van der Waals surface area contributed by atoms with Gasteiger partial charge in [-0.1, -0.05) is 38.1 Å². The molecule has 3 nitrogen and oxygen atoms in total. The summed E-state index contributed by atoms with van der Waals surface area (Å²) >= 11 is 3.53. The molecule has 0 aliphatic heterocycles. The predicted octanol–water partition coefficient (Wildman–Crippen LogP) is 3.68. The zero-order valence-corrected chi connectivity index (χ0v) is 12.5. The van der Waals surface area contributed by atoms with Gasteiger partial charge in [0.25, 0.3) is 0 Å². The lowest BCUT2D eigenvalue weighted by Gasteiger charge is -2.05. The molecule has 2 rings (SSSR count). The van der Waals surface area contributed by atoms with E-state index in [2.05, 4.69) is 69.3 Å². The highest BCUT2D eigenvalue weighted by atomic mass is 79.9. The van der Waals surface area contributed by atoms with E-state index in [9.17, 15) is 0 Å². The third-order valence-corrected chi connectivity index (χ3v) is 3.48. The molecule has 1 aromatic heterocycles. The number of aromatic amines is 1. The Morgan fingerprint density at radius 2 is 1.94 bits per heavy atom. The summed E-state index contributed by atoms with van der Waals surface area (Å²) in [5, 5.41) is 3.09. The molecule has 4 heteroatoms. The van der Waals surface area contributed by atoms with Gasteiger partial charge in [-0.3, -0.25) is 0 Å². The van der Waals surface area contributed by atoms with E-state index < -0.39 is 0 Å². The van der Waals surface area contributed by atoms with Gasteiger partial charge in [-0.2, -0.15) is 0 Å². The van der Waals surface area contributed by atoms with E-state index in [-0.39, 0.29) is 0 Å². The number of hydrogen-bond donors (Lipinski definition) is 2. The van der Waals surface area contributed by atoms with E-state index in [1.807, 2.05) is 7.05 Å². The first-order valence-corrected chi connectivity index (χ1v) is 6.90. The van der Waals surface area contributed by atoms with Crippen LogP contribution in [0, 0.1) is 0 Å². The van der Waals surface area contributed by atoms with Crippen molar-refractivity contribution in [2.24, 2.45) is 0 Å². The smallest absolute Gasteiger partial charge is 0.121 e. The molecule has 1 aromatic carbocycles. The predicted molar refractivity (Wildman–Crippen MR) is 78.6 cm³/mol. The molecule has 0 saturated heterocycles. The van der Waals surface area contributed by atoms with Crippen molar-refractivity contribution < 1.29 is 0 Å². The third kappa shape index (κ3) is 2.82. The molecule has 2 N–H and O–H groups in total. The Labute approximate surface area is 116 Å². The normalized spacial score (nSPS) is 11.2. The Hall–Kier alpha value is -1.13. The number of nitrogens with zero attached hydrogens (tertiary/aromatic N) is 1. The van der Waals surface area contributed by atoms with E-state index in [1.165, 1.54) is 5.56 Å². The number of aromatic nitrogens is 2. The summed E-state index contributed by atoms with van der Waals surface area (Å²) in [7, 11) is 1.91. The van der Waals surface area contributed by atoms with Crippen LogP contribution in [0.15, 0.2) is 28.9 Å². The second kappa shape index (κ2) is 5.67. The van der Waals surface area contributed by atoms with Crippen LogP contribution in [0.2, 0.25) is 0 Å². The quantitative estimate of drug-likeness (QED) is 0.904. The standard InChI is InChI=1S/C14H18BrN3/c1-9(2)10-4-6-11(7-5-10)13-14(15)18-12(17-13)8-16-3/h4-7,9,16H,8H2,1-3H3,(H,17,18). The number of imidazole rings is 1. The minimum atomic E-state index is 0.557. The highest BCUT2D eigenvalue weighted by Gasteiger charge is 2.10. The Morgan fingerprint density at radius 1 is 1.28 bits per heavy atom. The van der Waals surface area contributed by atoms with Crippen molar-refractivity contribution in [2.75, 3.05) is 7.05 Å². The summed E-state index contributed by atoms with van der Waals surface area (Å²) in [5.41, 5.74) is 3.45. The van der Waals surface area contributed by atoms with Gasteiger partial charge in [-0.05, 0) is 34.5 Å². The maximum atomic E-state index is 4.58. The molecule has 0 bridgehead atoms. The van der Waals surface area contributed by atoms with Crippen LogP contribution in [0.4, 0.5) is 0 Å². The maximum absolute atomic E-state index is 4.58. The Morgan fingerprint density at radius 3 is 2.50 bits per heavy atom. The van der Waals surface area contributed by atoms with Gasteiger partial charge in [-0.15, -0.1) is 0 Å². The molecule has 0 unspecified atom stereocenters. The van der Waals surface area contributed by atoms with Crippen molar-refractivity contribution in [1.82, 2.24) is 15.3 Å². The molecule has 0 aliphatic rings. The van der Waals surface area contributed by atoms with Gasteiger partial charge in [0, 0.05) is 5.56 Å². The van der Waals surface area contributed by atoms with Crippen LogP contribution in [0.1, 0.15) is 31.2 Å². The molecule has 0 radical (unpaired) electrons. The van der Waals surface area contributed by atoms with Crippen LogP contribution < -0.4 is 5.32 Å². The second-order valence-corrected chi connectivity index (χ2v) is 5.45. The monoisotopic (exact) mass is 307 g/mol. The van der Waals surface area contributed by atoms with Gasteiger partial charge < -0.3 is 10.3 Å². The van der Waals surface area contributed by atoms with Gasteiger partial charge >= 0.3 is 0 Å². The molecule has 0 saturated carbocycles. The molecule has 0 atom stereocenters. The van der Waals surface area contributed by atoms with Crippen LogP contribution in [0.5, 0.6) is 0 Å². The minimum absolute atomic E-state index is 0.557. The number of nitrogens with one attached hydrogen (secondary N) is 2. The van der Waals surface area contributed by atoms with Crippen molar-refractivity contribution in [1.29, 1.82) is 0 Å². The van der Waals surface area contributed by atoms with Crippen LogP contribution >= 0.6 is 15.9 Å². The molecule has 0 aliphatic carbocycles. The number of rotatable bonds is 4. The number of H-pyrrole nitrogens is 1. The minimum Gasteiger partial charge on any atom is -0.335 e. The molecule has 0 spiro atoms. The van der Waals surface area contributed by atoms with E-state index >= 15 is 0 Å². The maximum Gasteiger partial charge on any atom is 0.121 e. The lowest BCUT2D eigenvalue weighted by Crippen LogP contribution is -2.06. The van der Waals surface area contributed by atoms with E-state index in [1.54, 1.807) is 0 Å². The summed E-state index contributed by atoms with van der Waals surface area (Å²) < 4.78 is 0.935. The van der Waals surface area contributed by atoms with Gasteiger partial charge in [0.1, 0.15) is 16.1 Å². The van der Waals surface area contributed by atoms with Crippen LogP contribution in [0.3, 0.4) is 0 Å². The largest absolute Gasteiger partial charge is 0.335 e. The average molecular weight is 308 g/mol. The van der Waals surface area contributed by atoms with E-state index in [0.717, 1.165) is 28.2 Å². The van der Waals surface area contributed by atoms with Crippen LogP contribution in [-0.4, -0.2) is 17.0 Å². The van der Waals surface area contributed by atoms with Crippen LogP contribution in [0.25, 0.3) is 11.3 Å². The summed E-state index contributed by atoms with van der Waals surface area (Å²) in [6.07, 6.45) is 0. The van der Waals surface area contributed by atoms with Gasteiger partial charge in [-0.25, -0.2) is 4.98 Å². The first-order chi connectivity index (χ1) is 8.61. The molecular weight excluding hydrogens is 290 g/mol. The zero-order chi connectivity index (χ0) is 13.1. The molecule has 1 heterocycles. The van der Waals surface area contributed by atoms with Crippen LogP contribution in [-0.2, 0) is 6.54 Å². The molecule has 2 aromatic rings. The molecule has 0 amide bonds. The van der Waals surface area contributed by atoms with Crippen molar-refractivity contribution in [2.45, 2.75) is 26.3 Å². The van der Waals surface area contributed by atoms with E-state index in [4.69, 9.17) is 0 Å². The second-order valence-electron chi connectivity index (χ2n) is 4.65. The highest BCUT2D eigenvalue weighted by molar-refractivity contribution is 9.10. The first kappa shape index (κ1) is 13.3. The van der Waals surface area contributed by atoms with Crippen molar-refractivity contribution in [3.63, 3.8) is 0 Å². The first-order valence-electron chi connectivity index (χ1n) is 6.11. The zero-order valence-electron chi connectivity index (χ0n) is 10.9. The fourth-order valence-electron chi connectivity index (χ4n) is 1.87. The van der Waals surface area contributed by atoms with Crippen molar-refractivity contribution in [3.8, 4) is 11.3 Å². The highest BCUT2D eigenvalue weighted by Crippen LogP contribution is 2.27. The molecule has 0 fully saturated rings. The van der Waals surface area contributed by atoms with Gasteiger partial charge in [0.15, 0.2) is 0 Å². The van der Waals surface area contributed by atoms with Gasteiger partial charge in [0.2, 0.25) is 0 Å². The fourth-order valence-corrected chi connectivity index (χ4v) is 2.41. The molecular formula is C14H18BrN3. The lowest BCUT2D eigenvalue weighted by molar-refractivity contribution is 0.771.